The zero-order chi connectivity index (χ0) is 13.1. The number of nitrogens with one attached hydrogen (secondary N) is 1. The summed E-state index contributed by atoms with van der Waals surface area (Å²) in [6.45, 7) is 1.62. The number of halogens is 1. The largest absolute Gasteiger partial charge is 0.411 e. The Kier molecular flexibility index (Phi) is 3.95. The van der Waals surface area contributed by atoms with Gasteiger partial charge in [0.2, 0.25) is 0 Å². The molecule has 2 rings (SSSR count). The van der Waals surface area contributed by atoms with Gasteiger partial charge in [0.15, 0.2) is 5.13 Å². The number of hydrogen-bond donors (Lipinski definition) is 2. The maximum atomic E-state index is 11.8. The van der Waals surface area contributed by atoms with Gasteiger partial charge in [0.05, 0.1) is 5.02 Å². The first-order chi connectivity index (χ1) is 8.61. The van der Waals surface area contributed by atoms with Crippen LogP contribution >= 0.6 is 34.3 Å². The van der Waals surface area contributed by atoms with Crippen molar-refractivity contribution in [2.75, 3.05) is 5.32 Å². The Balaban J connectivity index is 2.13. The molecule has 0 saturated carbocycles. The molecule has 8 heteroatoms. The van der Waals surface area contributed by atoms with Crippen molar-refractivity contribution in [2.24, 2.45) is 5.16 Å². The fourth-order valence-corrected chi connectivity index (χ4v) is 2.94. The number of thiophene rings is 1. The van der Waals surface area contributed by atoms with E-state index >= 15 is 0 Å². The number of carbonyl (C=O) groups excluding carboxylic acids is 1. The number of hydrogen-bond acceptors (Lipinski definition) is 6. The zero-order valence-electron chi connectivity index (χ0n) is 9.18. The zero-order valence-corrected chi connectivity index (χ0v) is 11.6. The number of thiazole rings is 1. The summed E-state index contributed by atoms with van der Waals surface area (Å²) in [6.07, 6.45) is 0. The van der Waals surface area contributed by atoms with Gasteiger partial charge in [-0.15, -0.1) is 22.7 Å². The van der Waals surface area contributed by atoms with E-state index in [4.69, 9.17) is 16.8 Å². The standard InChI is InChI=1S/C10H8ClN3O2S2/c1-5(14-16)7-4-18-10(12-7)13-9(15)8-6(11)2-3-17-8/h2-4,16H,1H3,(H,12,13,15)/b14-5-. The Morgan fingerprint density at radius 1 is 1.56 bits per heavy atom. The smallest absolute Gasteiger partial charge is 0.269 e. The maximum absolute atomic E-state index is 11.8. The first-order valence-electron chi connectivity index (χ1n) is 4.80. The van der Waals surface area contributed by atoms with E-state index in [1.54, 1.807) is 23.8 Å². The second-order valence-corrected chi connectivity index (χ2v) is 5.46. The normalized spacial score (nSPS) is 11.6. The van der Waals surface area contributed by atoms with Gasteiger partial charge in [-0.05, 0) is 18.4 Å². The fourth-order valence-electron chi connectivity index (χ4n) is 1.16. The minimum atomic E-state index is -0.297. The number of rotatable bonds is 3. The van der Waals surface area contributed by atoms with Crippen LogP contribution in [0.15, 0.2) is 22.0 Å². The first kappa shape index (κ1) is 13.0. The predicted molar refractivity (Wildman–Crippen MR) is 73.4 cm³/mol. The Morgan fingerprint density at radius 3 is 2.94 bits per heavy atom. The Bertz CT molecular complexity index is 606. The lowest BCUT2D eigenvalue weighted by molar-refractivity contribution is 0.103. The molecule has 5 nitrogen and oxygen atoms in total. The molecule has 0 spiro atoms. The lowest BCUT2D eigenvalue weighted by atomic mass is 10.3. The highest BCUT2D eigenvalue weighted by atomic mass is 35.5. The summed E-state index contributed by atoms with van der Waals surface area (Å²) in [5.74, 6) is -0.297. The fraction of sp³-hybridized carbons (Fsp3) is 0.100. The molecule has 2 aromatic rings. The highest BCUT2D eigenvalue weighted by Crippen LogP contribution is 2.24. The summed E-state index contributed by atoms with van der Waals surface area (Å²) in [5.41, 5.74) is 0.913. The van der Waals surface area contributed by atoms with Gasteiger partial charge in [-0.25, -0.2) is 4.98 Å². The molecule has 0 aliphatic heterocycles. The van der Waals surface area contributed by atoms with Crippen LogP contribution in [0.3, 0.4) is 0 Å². The van der Waals surface area contributed by atoms with E-state index < -0.39 is 0 Å². The van der Waals surface area contributed by atoms with E-state index in [9.17, 15) is 4.79 Å². The molecule has 18 heavy (non-hydrogen) atoms. The van der Waals surface area contributed by atoms with Gasteiger partial charge >= 0.3 is 0 Å². The molecule has 0 aliphatic rings. The summed E-state index contributed by atoms with van der Waals surface area (Å²) in [5, 5.41) is 18.6. The van der Waals surface area contributed by atoms with Crippen LogP contribution in [0.1, 0.15) is 22.3 Å². The summed E-state index contributed by atoms with van der Waals surface area (Å²) < 4.78 is 0. The lowest BCUT2D eigenvalue weighted by Crippen LogP contribution is -2.10. The Labute approximate surface area is 116 Å². The topological polar surface area (TPSA) is 74.6 Å². The Hall–Kier alpha value is -1.44. The second-order valence-electron chi connectivity index (χ2n) is 3.28. The van der Waals surface area contributed by atoms with Crippen LogP contribution < -0.4 is 5.32 Å². The van der Waals surface area contributed by atoms with Crippen LogP contribution in [0, 0.1) is 0 Å². The minimum absolute atomic E-state index is 0.297. The van der Waals surface area contributed by atoms with Crippen molar-refractivity contribution in [2.45, 2.75) is 6.92 Å². The minimum Gasteiger partial charge on any atom is -0.411 e. The number of carbonyl (C=O) groups is 1. The SMILES string of the molecule is C/C(=N/O)c1csc(NC(=O)c2sccc2Cl)n1. The monoisotopic (exact) mass is 301 g/mol. The molecular formula is C10H8ClN3O2S2. The van der Waals surface area contributed by atoms with Gasteiger partial charge in [0.25, 0.3) is 5.91 Å². The molecular weight excluding hydrogens is 294 g/mol. The third-order valence-corrected chi connectivity index (χ3v) is 4.17. The number of anilines is 1. The Morgan fingerprint density at radius 2 is 2.33 bits per heavy atom. The van der Waals surface area contributed by atoms with E-state index in [1.807, 2.05) is 0 Å². The van der Waals surface area contributed by atoms with Gasteiger partial charge in [-0.1, -0.05) is 16.8 Å². The highest BCUT2D eigenvalue weighted by Gasteiger charge is 2.14. The number of oxime groups is 1. The summed E-state index contributed by atoms with van der Waals surface area (Å²) in [4.78, 5) is 16.4. The molecule has 0 aliphatic carbocycles. The van der Waals surface area contributed by atoms with Crippen LogP contribution in [0.5, 0.6) is 0 Å². The summed E-state index contributed by atoms with van der Waals surface area (Å²) in [6, 6.07) is 1.66. The van der Waals surface area contributed by atoms with E-state index in [1.165, 1.54) is 22.7 Å². The van der Waals surface area contributed by atoms with Gasteiger partial charge in [-0.2, -0.15) is 0 Å². The van der Waals surface area contributed by atoms with Gasteiger partial charge in [0, 0.05) is 5.38 Å². The molecule has 0 aromatic carbocycles. The van der Waals surface area contributed by atoms with Crippen molar-refractivity contribution >= 4 is 51.0 Å². The van der Waals surface area contributed by atoms with Gasteiger partial charge in [0.1, 0.15) is 16.3 Å². The molecule has 2 N–H and O–H groups in total. The first-order valence-corrected chi connectivity index (χ1v) is 6.94. The van der Waals surface area contributed by atoms with Gasteiger partial charge < -0.3 is 5.21 Å². The quantitative estimate of drug-likeness (QED) is 0.519. The molecule has 0 unspecified atom stereocenters. The average Bonchev–Trinajstić information content (AvgIpc) is 2.97. The number of nitrogens with zero attached hydrogens (tertiary/aromatic N) is 2. The third kappa shape index (κ3) is 2.69. The molecule has 0 fully saturated rings. The molecule has 0 radical (unpaired) electrons. The van der Waals surface area contributed by atoms with Crippen molar-refractivity contribution in [3.05, 3.63) is 32.4 Å². The van der Waals surface area contributed by atoms with Crippen molar-refractivity contribution in [1.29, 1.82) is 0 Å². The van der Waals surface area contributed by atoms with Crippen LogP contribution in [-0.2, 0) is 0 Å². The van der Waals surface area contributed by atoms with Crippen molar-refractivity contribution in [1.82, 2.24) is 4.98 Å². The van der Waals surface area contributed by atoms with Gasteiger partial charge in [-0.3, -0.25) is 10.1 Å². The van der Waals surface area contributed by atoms with E-state index in [2.05, 4.69) is 15.5 Å². The van der Waals surface area contributed by atoms with Crippen molar-refractivity contribution < 1.29 is 10.0 Å². The van der Waals surface area contributed by atoms with Crippen LogP contribution in [0.25, 0.3) is 0 Å². The van der Waals surface area contributed by atoms with E-state index in [0.717, 1.165) is 0 Å². The molecule has 1 amide bonds. The van der Waals surface area contributed by atoms with Crippen LogP contribution in [0.2, 0.25) is 5.02 Å². The lowest BCUT2D eigenvalue weighted by Gasteiger charge is -1.98. The second kappa shape index (κ2) is 5.47. The molecule has 2 heterocycles. The summed E-state index contributed by atoms with van der Waals surface area (Å²) in [7, 11) is 0. The molecule has 0 bridgehead atoms. The molecule has 2 aromatic heterocycles. The third-order valence-electron chi connectivity index (χ3n) is 2.07. The van der Waals surface area contributed by atoms with Crippen molar-refractivity contribution in [3.63, 3.8) is 0 Å². The molecule has 94 valence electrons. The molecule has 0 saturated heterocycles. The van der Waals surface area contributed by atoms with E-state index in [0.29, 0.717) is 26.4 Å². The maximum Gasteiger partial charge on any atom is 0.269 e. The van der Waals surface area contributed by atoms with Crippen LogP contribution in [-0.4, -0.2) is 21.8 Å². The number of aromatic nitrogens is 1. The van der Waals surface area contributed by atoms with Crippen LogP contribution in [0.4, 0.5) is 5.13 Å². The summed E-state index contributed by atoms with van der Waals surface area (Å²) >= 11 is 8.37. The highest BCUT2D eigenvalue weighted by molar-refractivity contribution is 7.15. The number of amides is 1. The van der Waals surface area contributed by atoms with E-state index in [-0.39, 0.29) is 5.91 Å². The predicted octanol–water partition coefficient (Wildman–Crippen LogP) is 3.31. The molecule has 0 atom stereocenters. The van der Waals surface area contributed by atoms with Crippen molar-refractivity contribution in [3.8, 4) is 0 Å². The average molecular weight is 302 g/mol.